The number of halogens is 1. The third-order valence-electron chi connectivity index (χ3n) is 2.24. The molecule has 0 unspecified atom stereocenters. The summed E-state index contributed by atoms with van der Waals surface area (Å²) >= 11 is 2.17. The van der Waals surface area contributed by atoms with Crippen molar-refractivity contribution >= 4 is 34.5 Å². The summed E-state index contributed by atoms with van der Waals surface area (Å²) in [5, 5.41) is 8.64. The molecule has 0 bridgehead atoms. The van der Waals surface area contributed by atoms with Crippen molar-refractivity contribution in [1.82, 2.24) is 4.90 Å². The molecule has 0 heterocycles. The maximum atomic E-state index is 11.7. The van der Waals surface area contributed by atoms with Crippen LogP contribution in [0.5, 0.6) is 5.75 Å². The summed E-state index contributed by atoms with van der Waals surface area (Å²) in [4.78, 5) is 23.5. The normalized spacial score (nSPS) is 9.89. The van der Waals surface area contributed by atoms with Crippen LogP contribution in [0.3, 0.4) is 0 Å². The van der Waals surface area contributed by atoms with Crippen LogP contribution in [0.2, 0.25) is 0 Å². The predicted molar refractivity (Wildman–Crippen MR) is 74.5 cm³/mol. The molecule has 5 nitrogen and oxygen atoms in total. The molecule has 0 fully saturated rings. The first-order chi connectivity index (χ1) is 8.52. The van der Waals surface area contributed by atoms with Crippen molar-refractivity contribution in [3.05, 3.63) is 27.8 Å². The number of likely N-dealkylation sites (N-methyl/N-ethyl adjacent to an activating group) is 1. The van der Waals surface area contributed by atoms with Gasteiger partial charge in [-0.15, -0.1) is 0 Å². The van der Waals surface area contributed by atoms with Crippen LogP contribution in [0, 0.1) is 3.57 Å². The molecule has 18 heavy (non-hydrogen) atoms. The lowest BCUT2D eigenvalue weighted by molar-refractivity contribution is -0.145. The number of hydrogen-bond donors (Lipinski definition) is 1. The van der Waals surface area contributed by atoms with Crippen LogP contribution >= 0.6 is 22.6 Å². The molecule has 0 saturated heterocycles. The van der Waals surface area contributed by atoms with Gasteiger partial charge in [0.1, 0.15) is 12.3 Å². The van der Waals surface area contributed by atoms with Gasteiger partial charge in [-0.2, -0.15) is 0 Å². The first-order valence-electron chi connectivity index (χ1n) is 5.41. The Labute approximate surface area is 119 Å². The van der Waals surface area contributed by atoms with E-state index in [4.69, 9.17) is 9.84 Å². The number of ether oxygens (including phenoxy) is 1. The maximum absolute atomic E-state index is 11.7. The zero-order chi connectivity index (χ0) is 13.5. The number of aliphatic carboxylic acids is 1. The van der Waals surface area contributed by atoms with E-state index in [1.165, 1.54) is 4.90 Å². The Bertz CT molecular complexity index is 419. The summed E-state index contributed by atoms with van der Waals surface area (Å²) in [5.41, 5.74) is 0. The van der Waals surface area contributed by atoms with E-state index in [2.05, 4.69) is 22.6 Å². The first kappa shape index (κ1) is 14.7. The largest absolute Gasteiger partial charge is 0.484 e. The zero-order valence-corrected chi connectivity index (χ0v) is 12.1. The number of carbonyl (C=O) groups excluding carboxylic acids is 1. The van der Waals surface area contributed by atoms with Gasteiger partial charge in [-0.1, -0.05) is 0 Å². The second-order valence-corrected chi connectivity index (χ2v) is 4.79. The Hall–Kier alpha value is -1.31. The number of carboxylic acid groups (broad SMARTS) is 1. The van der Waals surface area contributed by atoms with E-state index < -0.39 is 5.97 Å². The summed E-state index contributed by atoms with van der Waals surface area (Å²) in [7, 11) is 0. The van der Waals surface area contributed by atoms with E-state index in [1.807, 2.05) is 12.1 Å². The van der Waals surface area contributed by atoms with Gasteiger partial charge in [-0.05, 0) is 53.8 Å². The minimum absolute atomic E-state index is 0.151. The lowest BCUT2D eigenvalue weighted by Crippen LogP contribution is -2.38. The fraction of sp³-hybridized carbons (Fsp3) is 0.333. The van der Waals surface area contributed by atoms with Crippen LogP contribution in [0.1, 0.15) is 6.92 Å². The first-order valence-corrected chi connectivity index (χ1v) is 6.48. The molecule has 0 saturated carbocycles. The summed E-state index contributed by atoms with van der Waals surface area (Å²) in [6.45, 7) is 1.62. The minimum atomic E-state index is -1.03. The number of amides is 1. The molecule has 1 aromatic carbocycles. The number of nitrogens with zero attached hydrogens (tertiary/aromatic N) is 1. The molecule has 6 heteroatoms. The van der Waals surface area contributed by atoms with Crippen LogP contribution < -0.4 is 4.74 Å². The molecular weight excluding hydrogens is 349 g/mol. The Morgan fingerprint density at radius 2 is 1.94 bits per heavy atom. The van der Waals surface area contributed by atoms with E-state index in [-0.39, 0.29) is 19.1 Å². The second kappa shape index (κ2) is 7.20. The molecule has 98 valence electrons. The van der Waals surface area contributed by atoms with Crippen LogP contribution in [0.15, 0.2) is 24.3 Å². The highest BCUT2D eigenvalue weighted by Gasteiger charge is 2.15. The van der Waals surface area contributed by atoms with Crippen molar-refractivity contribution < 1.29 is 19.4 Å². The predicted octanol–water partition coefficient (Wildman–Crippen LogP) is 1.60. The molecule has 1 rings (SSSR count). The molecule has 1 aromatic rings. The Kier molecular flexibility index (Phi) is 5.90. The lowest BCUT2D eigenvalue weighted by Gasteiger charge is -2.18. The fourth-order valence-corrected chi connectivity index (χ4v) is 1.67. The van der Waals surface area contributed by atoms with Crippen molar-refractivity contribution in [3.8, 4) is 5.75 Å². The fourth-order valence-electron chi connectivity index (χ4n) is 1.31. The molecule has 0 spiro atoms. The number of hydrogen-bond acceptors (Lipinski definition) is 3. The zero-order valence-electron chi connectivity index (χ0n) is 9.93. The summed E-state index contributed by atoms with van der Waals surface area (Å²) in [6, 6.07) is 7.27. The number of rotatable bonds is 6. The highest BCUT2D eigenvalue weighted by Crippen LogP contribution is 2.13. The quantitative estimate of drug-likeness (QED) is 0.780. The third kappa shape index (κ3) is 4.91. The SMILES string of the molecule is CCN(CC(=O)O)C(=O)COc1ccc(I)cc1. The van der Waals surface area contributed by atoms with Crippen LogP contribution in [0.25, 0.3) is 0 Å². The van der Waals surface area contributed by atoms with Crippen molar-refractivity contribution in [1.29, 1.82) is 0 Å². The average Bonchev–Trinajstić information content (AvgIpc) is 2.34. The molecule has 0 aromatic heterocycles. The van der Waals surface area contributed by atoms with Gasteiger partial charge in [0.2, 0.25) is 0 Å². The van der Waals surface area contributed by atoms with E-state index in [1.54, 1.807) is 19.1 Å². The highest BCUT2D eigenvalue weighted by molar-refractivity contribution is 14.1. The topological polar surface area (TPSA) is 66.8 Å². The number of carboxylic acids is 1. The summed E-state index contributed by atoms with van der Waals surface area (Å²) < 4.78 is 6.38. The van der Waals surface area contributed by atoms with Gasteiger partial charge in [0.25, 0.3) is 5.91 Å². The molecule has 1 amide bonds. The number of benzene rings is 1. The van der Waals surface area contributed by atoms with E-state index in [9.17, 15) is 9.59 Å². The van der Waals surface area contributed by atoms with Crippen molar-refractivity contribution in [2.24, 2.45) is 0 Å². The maximum Gasteiger partial charge on any atom is 0.323 e. The third-order valence-corrected chi connectivity index (χ3v) is 2.96. The van der Waals surface area contributed by atoms with Gasteiger partial charge in [0.15, 0.2) is 6.61 Å². The van der Waals surface area contributed by atoms with Crippen molar-refractivity contribution in [2.45, 2.75) is 6.92 Å². The van der Waals surface area contributed by atoms with E-state index >= 15 is 0 Å². The van der Waals surface area contributed by atoms with Gasteiger partial charge in [0, 0.05) is 10.1 Å². The Morgan fingerprint density at radius 3 is 2.44 bits per heavy atom. The van der Waals surface area contributed by atoms with Crippen molar-refractivity contribution in [3.63, 3.8) is 0 Å². The van der Waals surface area contributed by atoms with Gasteiger partial charge in [0.05, 0.1) is 0 Å². The van der Waals surface area contributed by atoms with E-state index in [0.717, 1.165) is 3.57 Å². The molecule has 1 N–H and O–H groups in total. The second-order valence-electron chi connectivity index (χ2n) is 3.54. The Balaban J connectivity index is 2.49. The summed E-state index contributed by atoms with van der Waals surface area (Å²) in [5.74, 6) is -0.770. The van der Waals surface area contributed by atoms with Gasteiger partial charge < -0.3 is 14.7 Å². The van der Waals surface area contributed by atoms with Crippen LogP contribution in [0.4, 0.5) is 0 Å². The minimum Gasteiger partial charge on any atom is -0.484 e. The van der Waals surface area contributed by atoms with Crippen LogP contribution in [-0.2, 0) is 9.59 Å². The van der Waals surface area contributed by atoms with Gasteiger partial charge >= 0.3 is 5.97 Å². The van der Waals surface area contributed by atoms with Crippen molar-refractivity contribution in [2.75, 3.05) is 19.7 Å². The molecule has 0 aliphatic heterocycles. The number of carbonyl (C=O) groups is 2. The van der Waals surface area contributed by atoms with Gasteiger partial charge in [-0.3, -0.25) is 9.59 Å². The van der Waals surface area contributed by atoms with Crippen LogP contribution in [-0.4, -0.2) is 41.6 Å². The molecule has 0 aliphatic rings. The molecular formula is C12H14INO4. The summed E-state index contributed by atoms with van der Waals surface area (Å²) in [6.07, 6.45) is 0. The lowest BCUT2D eigenvalue weighted by atomic mass is 10.3. The monoisotopic (exact) mass is 363 g/mol. The Morgan fingerprint density at radius 1 is 1.33 bits per heavy atom. The molecule has 0 atom stereocenters. The molecule has 0 radical (unpaired) electrons. The van der Waals surface area contributed by atoms with Gasteiger partial charge in [-0.25, -0.2) is 0 Å². The average molecular weight is 363 g/mol. The highest BCUT2D eigenvalue weighted by atomic mass is 127. The smallest absolute Gasteiger partial charge is 0.323 e. The van der Waals surface area contributed by atoms with E-state index in [0.29, 0.717) is 12.3 Å². The standard InChI is InChI=1S/C12H14INO4/c1-2-14(7-12(16)17)11(15)8-18-10-5-3-9(13)4-6-10/h3-6H,2,7-8H2,1H3,(H,16,17). The molecule has 0 aliphatic carbocycles.